The fourth-order valence-corrected chi connectivity index (χ4v) is 4.76. The van der Waals surface area contributed by atoms with Crippen molar-refractivity contribution in [1.29, 1.82) is 0 Å². The van der Waals surface area contributed by atoms with Crippen LogP contribution in [0.15, 0.2) is 65.6 Å². The molecule has 25 heavy (non-hydrogen) atoms. The average molecular weight is 354 g/mol. The van der Waals surface area contributed by atoms with Crippen LogP contribution in [0.1, 0.15) is 43.7 Å². The molecule has 0 saturated heterocycles. The van der Waals surface area contributed by atoms with Crippen LogP contribution >= 0.6 is 11.8 Å². The van der Waals surface area contributed by atoms with Crippen LogP contribution in [0.5, 0.6) is 0 Å². The van der Waals surface area contributed by atoms with E-state index in [4.69, 9.17) is 0 Å². The van der Waals surface area contributed by atoms with E-state index >= 15 is 0 Å². The van der Waals surface area contributed by atoms with Crippen molar-refractivity contribution in [3.63, 3.8) is 0 Å². The first-order valence-electron chi connectivity index (χ1n) is 9.32. The molecule has 0 aromatic heterocycles. The van der Waals surface area contributed by atoms with Gasteiger partial charge in [-0.1, -0.05) is 67.8 Å². The molecule has 3 heteroatoms. The van der Waals surface area contributed by atoms with E-state index in [1.807, 2.05) is 22.7 Å². The summed E-state index contributed by atoms with van der Waals surface area (Å²) in [5, 5.41) is 0. The van der Waals surface area contributed by atoms with E-state index in [1.54, 1.807) is 0 Å². The van der Waals surface area contributed by atoms with Gasteiger partial charge in [-0.3, -0.25) is 4.79 Å². The quantitative estimate of drug-likeness (QED) is 0.457. The van der Waals surface area contributed by atoms with Crippen molar-refractivity contribution in [2.45, 2.75) is 43.0 Å². The van der Waals surface area contributed by atoms with Crippen LogP contribution in [-0.2, 0) is 4.79 Å². The number of carbonyl (C=O) groups is 1. The van der Waals surface area contributed by atoms with Crippen molar-refractivity contribution in [2.24, 2.45) is 5.92 Å². The summed E-state index contributed by atoms with van der Waals surface area (Å²) < 4.78 is 0. The van der Waals surface area contributed by atoms with Gasteiger partial charge in [-0.15, -0.1) is 11.8 Å². The SMILES string of the molecule is O=CN(CCSc1ccccc1)C(c1ccccc1)C1CCCCC1. The molecule has 0 bridgehead atoms. The summed E-state index contributed by atoms with van der Waals surface area (Å²) in [4.78, 5) is 15.2. The molecule has 2 aromatic carbocycles. The molecule has 1 fully saturated rings. The maximum absolute atomic E-state index is 11.9. The minimum Gasteiger partial charge on any atom is -0.337 e. The molecule has 1 amide bonds. The molecule has 1 unspecified atom stereocenters. The highest BCUT2D eigenvalue weighted by Crippen LogP contribution is 2.38. The Balaban J connectivity index is 1.69. The monoisotopic (exact) mass is 353 g/mol. The van der Waals surface area contributed by atoms with Gasteiger partial charge in [0.1, 0.15) is 0 Å². The van der Waals surface area contributed by atoms with Crippen LogP contribution in [0.4, 0.5) is 0 Å². The second-order valence-electron chi connectivity index (χ2n) is 6.76. The van der Waals surface area contributed by atoms with Gasteiger partial charge in [0, 0.05) is 17.2 Å². The summed E-state index contributed by atoms with van der Waals surface area (Å²) in [5.74, 6) is 1.52. The van der Waals surface area contributed by atoms with Gasteiger partial charge in [0.15, 0.2) is 0 Å². The number of nitrogens with zero attached hydrogens (tertiary/aromatic N) is 1. The minimum atomic E-state index is 0.218. The first kappa shape index (κ1) is 18.1. The molecule has 132 valence electrons. The number of amides is 1. The lowest BCUT2D eigenvalue weighted by Gasteiger charge is -2.37. The molecule has 2 nitrogen and oxygen atoms in total. The van der Waals surface area contributed by atoms with Crippen LogP contribution in [0.2, 0.25) is 0 Å². The zero-order chi connectivity index (χ0) is 17.3. The molecule has 1 saturated carbocycles. The third kappa shape index (κ3) is 5.12. The van der Waals surface area contributed by atoms with Gasteiger partial charge in [-0.05, 0) is 36.5 Å². The second kappa shape index (κ2) is 9.67. The fourth-order valence-electron chi connectivity index (χ4n) is 3.88. The largest absolute Gasteiger partial charge is 0.337 e. The zero-order valence-electron chi connectivity index (χ0n) is 14.7. The Morgan fingerprint density at radius 3 is 2.24 bits per heavy atom. The van der Waals surface area contributed by atoms with E-state index in [9.17, 15) is 4.79 Å². The Morgan fingerprint density at radius 1 is 0.960 bits per heavy atom. The topological polar surface area (TPSA) is 20.3 Å². The van der Waals surface area contributed by atoms with Crippen molar-refractivity contribution in [1.82, 2.24) is 4.90 Å². The van der Waals surface area contributed by atoms with Gasteiger partial charge in [-0.25, -0.2) is 0 Å². The van der Waals surface area contributed by atoms with Crippen molar-refractivity contribution in [3.8, 4) is 0 Å². The summed E-state index contributed by atoms with van der Waals surface area (Å²) in [6.07, 6.45) is 7.45. The molecule has 3 rings (SSSR count). The molecular formula is C22H27NOS. The summed E-state index contributed by atoms with van der Waals surface area (Å²) in [5.41, 5.74) is 1.28. The van der Waals surface area contributed by atoms with E-state index in [2.05, 4.69) is 54.6 Å². The maximum atomic E-state index is 11.9. The Hall–Kier alpha value is -1.74. The Bertz CT molecular complexity index is 625. The van der Waals surface area contributed by atoms with Crippen molar-refractivity contribution in [2.75, 3.05) is 12.3 Å². The lowest BCUT2D eigenvalue weighted by atomic mass is 9.80. The third-order valence-corrected chi connectivity index (χ3v) is 6.08. The van der Waals surface area contributed by atoms with Crippen LogP contribution < -0.4 is 0 Å². The van der Waals surface area contributed by atoms with Gasteiger partial charge < -0.3 is 4.90 Å². The van der Waals surface area contributed by atoms with Crippen LogP contribution in [0.25, 0.3) is 0 Å². The Kier molecular flexibility index (Phi) is 6.99. The predicted octanol–water partition coefficient (Wildman–Crippen LogP) is 5.56. The Morgan fingerprint density at radius 2 is 1.60 bits per heavy atom. The molecule has 0 N–H and O–H groups in total. The number of hydrogen-bond acceptors (Lipinski definition) is 2. The number of hydrogen-bond donors (Lipinski definition) is 0. The molecule has 1 aliphatic carbocycles. The number of carbonyl (C=O) groups excluding carboxylic acids is 1. The molecule has 2 aromatic rings. The molecule has 0 radical (unpaired) electrons. The van der Waals surface area contributed by atoms with Gasteiger partial charge in [-0.2, -0.15) is 0 Å². The van der Waals surface area contributed by atoms with E-state index < -0.39 is 0 Å². The van der Waals surface area contributed by atoms with Gasteiger partial charge in [0.05, 0.1) is 6.04 Å². The van der Waals surface area contributed by atoms with E-state index in [0.717, 1.165) is 18.7 Å². The number of benzene rings is 2. The standard InChI is InChI=1S/C22H27NOS/c24-18-23(16-17-25-21-14-8-3-9-15-21)22(19-10-4-1-5-11-19)20-12-6-2-7-13-20/h1,3-5,8-11,14-15,18,20,22H,2,6-7,12-13,16-17H2. The summed E-state index contributed by atoms with van der Waals surface area (Å²) in [6.45, 7) is 0.791. The van der Waals surface area contributed by atoms with Gasteiger partial charge >= 0.3 is 0 Å². The van der Waals surface area contributed by atoms with Crippen molar-refractivity contribution >= 4 is 18.2 Å². The van der Waals surface area contributed by atoms with Gasteiger partial charge in [0.2, 0.25) is 6.41 Å². The summed E-state index contributed by atoms with van der Waals surface area (Å²) in [7, 11) is 0. The smallest absolute Gasteiger partial charge is 0.210 e. The molecular weight excluding hydrogens is 326 g/mol. The molecule has 1 aliphatic rings. The van der Waals surface area contributed by atoms with Crippen LogP contribution in [-0.4, -0.2) is 23.6 Å². The molecule has 0 spiro atoms. The molecule has 1 atom stereocenters. The highest BCUT2D eigenvalue weighted by Gasteiger charge is 2.29. The predicted molar refractivity (Wildman–Crippen MR) is 106 cm³/mol. The van der Waals surface area contributed by atoms with Crippen molar-refractivity contribution in [3.05, 3.63) is 66.2 Å². The third-order valence-electron chi connectivity index (χ3n) is 5.09. The minimum absolute atomic E-state index is 0.218. The first-order valence-corrected chi connectivity index (χ1v) is 10.3. The summed E-state index contributed by atoms with van der Waals surface area (Å²) >= 11 is 1.82. The van der Waals surface area contributed by atoms with E-state index in [-0.39, 0.29) is 6.04 Å². The molecule has 0 aliphatic heterocycles. The average Bonchev–Trinajstić information content (AvgIpc) is 2.69. The van der Waals surface area contributed by atoms with E-state index in [1.165, 1.54) is 42.6 Å². The number of thioether (sulfide) groups is 1. The zero-order valence-corrected chi connectivity index (χ0v) is 15.5. The van der Waals surface area contributed by atoms with Crippen molar-refractivity contribution < 1.29 is 4.79 Å². The Labute approximate surface area is 155 Å². The van der Waals surface area contributed by atoms with E-state index in [0.29, 0.717) is 5.92 Å². The van der Waals surface area contributed by atoms with Crippen LogP contribution in [0.3, 0.4) is 0 Å². The highest BCUT2D eigenvalue weighted by molar-refractivity contribution is 7.99. The lowest BCUT2D eigenvalue weighted by molar-refractivity contribution is -0.121. The van der Waals surface area contributed by atoms with Gasteiger partial charge in [0.25, 0.3) is 0 Å². The first-order chi connectivity index (χ1) is 12.4. The lowest BCUT2D eigenvalue weighted by Crippen LogP contribution is -2.35. The maximum Gasteiger partial charge on any atom is 0.210 e. The number of rotatable bonds is 8. The fraction of sp³-hybridized carbons (Fsp3) is 0.409. The normalized spacial score (nSPS) is 16.3. The summed E-state index contributed by atoms with van der Waals surface area (Å²) in [6, 6.07) is 21.2. The van der Waals surface area contributed by atoms with Crippen LogP contribution in [0, 0.1) is 5.92 Å². The molecule has 0 heterocycles. The highest BCUT2D eigenvalue weighted by atomic mass is 32.2. The second-order valence-corrected chi connectivity index (χ2v) is 7.93.